The highest BCUT2D eigenvalue weighted by molar-refractivity contribution is 5.80. The maximum atomic E-state index is 12.1. The summed E-state index contributed by atoms with van der Waals surface area (Å²) in [5.74, 6) is 0.528. The minimum atomic E-state index is 0.196. The summed E-state index contributed by atoms with van der Waals surface area (Å²) in [4.78, 5) is 20.6. The summed E-state index contributed by atoms with van der Waals surface area (Å²) in [6.45, 7) is 2.78. The van der Waals surface area contributed by atoms with Crippen LogP contribution < -0.4 is 0 Å². The molecule has 5 nitrogen and oxygen atoms in total. The summed E-state index contributed by atoms with van der Waals surface area (Å²) in [5.41, 5.74) is 1.21. The Hall–Kier alpha value is -1.36. The van der Waals surface area contributed by atoms with Gasteiger partial charge in [0.1, 0.15) is 0 Å². The van der Waals surface area contributed by atoms with Crippen molar-refractivity contribution >= 4 is 5.91 Å². The fraction of sp³-hybridized carbons (Fsp3) is 0.692. The first-order chi connectivity index (χ1) is 8.65. The lowest BCUT2D eigenvalue weighted by molar-refractivity contribution is -0.138. The Balaban J connectivity index is 1.76. The van der Waals surface area contributed by atoms with Crippen molar-refractivity contribution in [3.8, 4) is 0 Å². The molecule has 1 aromatic heterocycles. The number of fused-ring (bicyclic) bond motifs is 4. The minimum absolute atomic E-state index is 0.196. The van der Waals surface area contributed by atoms with Crippen molar-refractivity contribution in [1.82, 2.24) is 19.4 Å². The van der Waals surface area contributed by atoms with Gasteiger partial charge in [-0.1, -0.05) is 0 Å². The molecule has 0 aliphatic carbocycles. The average molecular weight is 248 g/mol. The highest BCUT2D eigenvalue weighted by Crippen LogP contribution is 2.28. The average Bonchev–Trinajstić information content (AvgIpc) is 2.60. The van der Waals surface area contributed by atoms with Crippen LogP contribution in [0, 0.1) is 5.92 Å². The lowest BCUT2D eigenvalue weighted by Crippen LogP contribution is -2.45. The first kappa shape index (κ1) is 11.7. The number of aryl methyl sites for hydroxylation is 1. The Bertz CT molecular complexity index is 456. The van der Waals surface area contributed by atoms with E-state index in [4.69, 9.17) is 0 Å². The summed E-state index contributed by atoms with van der Waals surface area (Å²) >= 11 is 0. The fourth-order valence-corrected chi connectivity index (χ4v) is 3.14. The molecule has 0 aromatic carbocycles. The van der Waals surface area contributed by atoms with Crippen molar-refractivity contribution in [3.05, 3.63) is 18.2 Å². The van der Waals surface area contributed by atoms with Crippen LogP contribution in [0.1, 0.15) is 18.5 Å². The number of imidazole rings is 1. The van der Waals surface area contributed by atoms with E-state index in [0.717, 1.165) is 32.5 Å². The molecule has 1 aromatic rings. The number of aromatic nitrogens is 2. The third kappa shape index (κ3) is 1.92. The van der Waals surface area contributed by atoms with Crippen LogP contribution in [0.5, 0.6) is 0 Å². The SMILES string of the molecule is CN1C(=O)[C@@H]2CC[C@H]1CN(Cc1cncn1C)C2. The molecule has 5 heteroatoms. The Morgan fingerprint density at radius 2 is 2.17 bits per heavy atom. The molecule has 0 saturated carbocycles. The van der Waals surface area contributed by atoms with Crippen molar-refractivity contribution < 1.29 is 4.79 Å². The standard InChI is InChI=1S/C13H20N4O/c1-15-9-14-5-12(15)8-17-6-10-3-4-11(7-17)16(2)13(10)18/h5,9-11H,3-4,6-8H2,1-2H3/t10-,11+/m1/s1. The Kier molecular flexibility index (Phi) is 2.86. The normalized spacial score (nSPS) is 28.8. The van der Waals surface area contributed by atoms with Gasteiger partial charge in [-0.15, -0.1) is 0 Å². The second-order valence-electron chi connectivity index (χ2n) is 5.57. The molecule has 2 atom stereocenters. The molecule has 0 spiro atoms. The van der Waals surface area contributed by atoms with Crippen molar-refractivity contribution in [2.75, 3.05) is 20.1 Å². The van der Waals surface area contributed by atoms with E-state index >= 15 is 0 Å². The highest BCUT2D eigenvalue weighted by atomic mass is 16.2. The van der Waals surface area contributed by atoms with Crippen LogP contribution in [-0.4, -0.2) is 51.4 Å². The Morgan fingerprint density at radius 3 is 2.89 bits per heavy atom. The second-order valence-corrected chi connectivity index (χ2v) is 5.57. The van der Waals surface area contributed by atoms with Gasteiger partial charge in [-0.05, 0) is 12.8 Å². The van der Waals surface area contributed by atoms with E-state index in [1.807, 2.05) is 31.5 Å². The number of rotatable bonds is 2. The van der Waals surface area contributed by atoms with Gasteiger partial charge in [0.15, 0.2) is 0 Å². The molecule has 3 fully saturated rings. The first-order valence-corrected chi connectivity index (χ1v) is 6.59. The van der Waals surface area contributed by atoms with E-state index < -0.39 is 0 Å². The Labute approximate surface area is 107 Å². The molecule has 3 aliphatic heterocycles. The summed E-state index contributed by atoms with van der Waals surface area (Å²) in [5, 5.41) is 0. The topological polar surface area (TPSA) is 41.4 Å². The molecule has 4 rings (SSSR count). The van der Waals surface area contributed by atoms with Gasteiger partial charge in [0.05, 0.1) is 17.9 Å². The predicted molar refractivity (Wildman–Crippen MR) is 67.8 cm³/mol. The number of piperidine rings is 1. The molecule has 3 saturated heterocycles. The van der Waals surface area contributed by atoms with Gasteiger partial charge in [0, 0.05) is 46.0 Å². The number of nitrogens with zero attached hydrogens (tertiary/aromatic N) is 4. The van der Waals surface area contributed by atoms with Crippen LogP contribution in [-0.2, 0) is 18.4 Å². The molecule has 4 heterocycles. The summed E-state index contributed by atoms with van der Waals surface area (Å²) in [6, 6.07) is 0.393. The third-order valence-corrected chi connectivity index (χ3v) is 4.34. The number of amides is 1. The van der Waals surface area contributed by atoms with E-state index in [1.54, 1.807) is 0 Å². The van der Waals surface area contributed by atoms with Gasteiger partial charge in [-0.25, -0.2) is 4.98 Å². The van der Waals surface area contributed by atoms with Crippen molar-refractivity contribution in [3.63, 3.8) is 0 Å². The van der Waals surface area contributed by atoms with Gasteiger partial charge in [-0.3, -0.25) is 9.69 Å². The van der Waals surface area contributed by atoms with E-state index in [9.17, 15) is 4.79 Å². The molecule has 18 heavy (non-hydrogen) atoms. The zero-order valence-corrected chi connectivity index (χ0v) is 11.0. The quantitative estimate of drug-likeness (QED) is 0.764. The van der Waals surface area contributed by atoms with Crippen LogP contribution >= 0.6 is 0 Å². The van der Waals surface area contributed by atoms with Gasteiger partial charge in [-0.2, -0.15) is 0 Å². The minimum Gasteiger partial charge on any atom is -0.341 e. The molecular weight excluding hydrogens is 228 g/mol. The zero-order chi connectivity index (χ0) is 12.7. The molecule has 0 radical (unpaired) electrons. The van der Waals surface area contributed by atoms with Crippen molar-refractivity contribution in [2.45, 2.75) is 25.4 Å². The van der Waals surface area contributed by atoms with Crippen LogP contribution in [0.25, 0.3) is 0 Å². The van der Waals surface area contributed by atoms with E-state index in [2.05, 4.69) is 14.5 Å². The van der Waals surface area contributed by atoms with Crippen LogP contribution in [0.4, 0.5) is 0 Å². The summed E-state index contributed by atoms with van der Waals surface area (Å²) in [7, 11) is 3.97. The smallest absolute Gasteiger partial charge is 0.227 e. The zero-order valence-electron chi connectivity index (χ0n) is 11.0. The number of hydrogen-bond acceptors (Lipinski definition) is 3. The number of carbonyl (C=O) groups is 1. The molecule has 0 unspecified atom stereocenters. The lowest BCUT2D eigenvalue weighted by atomic mass is 9.95. The molecule has 98 valence electrons. The fourth-order valence-electron chi connectivity index (χ4n) is 3.14. The predicted octanol–water partition coefficient (Wildman–Crippen LogP) is 0.473. The number of likely N-dealkylation sites (N-methyl/N-ethyl adjacent to an activating group) is 1. The maximum absolute atomic E-state index is 12.1. The van der Waals surface area contributed by atoms with E-state index in [1.165, 1.54) is 5.69 Å². The van der Waals surface area contributed by atoms with Gasteiger partial charge < -0.3 is 9.47 Å². The van der Waals surface area contributed by atoms with Crippen molar-refractivity contribution in [1.29, 1.82) is 0 Å². The van der Waals surface area contributed by atoms with Crippen LogP contribution in [0.3, 0.4) is 0 Å². The molecule has 0 N–H and O–H groups in total. The van der Waals surface area contributed by atoms with E-state index in [-0.39, 0.29) is 5.92 Å². The molecular formula is C13H20N4O. The Morgan fingerprint density at radius 1 is 1.33 bits per heavy atom. The van der Waals surface area contributed by atoms with Crippen LogP contribution in [0.2, 0.25) is 0 Å². The summed E-state index contributed by atoms with van der Waals surface area (Å²) < 4.78 is 2.05. The third-order valence-electron chi connectivity index (χ3n) is 4.34. The monoisotopic (exact) mass is 248 g/mol. The largest absolute Gasteiger partial charge is 0.341 e. The highest BCUT2D eigenvalue weighted by Gasteiger charge is 2.38. The first-order valence-electron chi connectivity index (χ1n) is 6.59. The van der Waals surface area contributed by atoms with Crippen LogP contribution in [0.15, 0.2) is 12.5 Å². The lowest BCUT2D eigenvalue weighted by Gasteiger charge is -2.32. The second kappa shape index (κ2) is 4.39. The molecule has 3 aliphatic rings. The molecule has 2 bridgehead atoms. The van der Waals surface area contributed by atoms with E-state index in [0.29, 0.717) is 11.9 Å². The maximum Gasteiger partial charge on any atom is 0.227 e. The number of carbonyl (C=O) groups excluding carboxylic acids is 1. The number of hydrogen-bond donors (Lipinski definition) is 0. The van der Waals surface area contributed by atoms with Gasteiger partial charge >= 0.3 is 0 Å². The van der Waals surface area contributed by atoms with Gasteiger partial charge in [0.25, 0.3) is 0 Å². The molecule has 1 amide bonds. The summed E-state index contributed by atoms with van der Waals surface area (Å²) in [6.07, 6.45) is 5.95. The van der Waals surface area contributed by atoms with Crippen molar-refractivity contribution in [2.24, 2.45) is 13.0 Å². The van der Waals surface area contributed by atoms with Gasteiger partial charge in [0.2, 0.25) is 5.91 Å².